The molecule has 1 saturated carbocycles. The summed E-state index contributed by atoms with van der Waals surface area (Å²) in [4.78, 5) is 17.4. The molecule has 0 aliphatic heterocycles. The first-order chi connectivity index (χ1) is 15.0. The minimum absolute atomic E-state index is 0. The number of alkyl halides is 3. The first-order valence-corrected chi connectivity index (χ1v) is 10.9. The van der Waals surface area contributed by atoms with Crippen LogP contribution >= 0.6 is 24.8 Å². The maximum absolute atomic E-state index is 13.9. The van der Waals surface area contributed by atoms with Crippen molar-refractivity contribution in [2.45, 2.75) is 62.8 Å². The molecule has 1 amide bonds. The predicted molar refractivity (Wildman–Crippen MR) is 132 cm³/mol. The van der Waals surface area contributed by atoms with Gasteiger partial charge in [-0.15, -0.1) is 24.8 Å². The Morgan fingerprint density at radius 2 is 1.82 bits per heavy atom. The first-order valence-electron chi connectivity index (χ1n) is 10.9. The van der Waals surface area contributed by atoms with E-state index in [0.717, 1.165) is 11.3 Å². The number of fused-ring (bicyclic) bond motifs is 1. The first kappa shape index (κ1) is 28.2. The van der Waals surface area contributed by atoms with Gasteiger partial charge in [-0.1, -0.05) is 38.1 Å². The van der Waals surface area contributed by atoms with Crippen LogP contribution in [-0.4, -0.2) is 41.1 Å². The fourth-order valence-corrected chi connectivity index (χ4v) is 4.94. The van der Waals surface area contributed by atoms with Crippen LogP contribution in [0.15, 0.2) is 42.6 Å². The molecule has 10 heteroatoms. The van der Waals surface area contributed by atoms with Crippen molar-refractivity contribution in [1.29, 1.82) is 0 Å². The maximum atomic E-state index is 13.9. The lowest BCUT2D eigenvalue weighted by Crippen LogP contribution is -2.49. The normalized spacial score (nSPS) is 23.4. The minimum atomic E-state index is -4.63. The Kier molecular flexibility index (Phi) is 8.55. The van der Waals surface area contributed by atoms with Gasteiger partial charge in [0.15, 0.2) is 6.04 Å². The van der Waals surface area contributed by atoms with E-state index in [0.29, 0.717) is 18.5 Å². The third-order valence-corrected chi connectivity index (χ3v) is 6.98. The number of hydrogen-bond donors (Lipinski definition) is 2. The average Bonchev–Trinajstić information content (AvgIpc) is 2.95. The number of nitrogens with zero attached hydrogens (tertiary/aromatic N) is 2. The Labute approximate surface area is 210 Å². The van der Waals surface area contributed by atoms with Gasteiger partial charge in [0, 0.05) is 30.5 Å². The second-order valence-electron chi connectivity index (χ2n) is 9.57. The van der Waals surface area contributed by atoms with Gasteiger partial charge in [-0.25, -0.2) is 0 Å². The van der Waals surface area contributed by atoms with Gasteiger partial charge in [0.05, 0.1) is 17.6 Å². The quantitative estimate of drug-likeness (QED) is 0.581. The van der Waals surface area contributed by atoms with E-state index in [9.17, 15) is 18.0 Å². The number of nitrogens with one attached hydrogen (secondary N) is 1. The number of pyridine rings is 1. The molecule has 2 atom stereocenters. The van der Waals surface area contributed by atoms with Crippen LogP contribution in [0.1, 0.15) is 49.6 Å². The summed E-state index contributed by atoms with van der Waals surface area (Å²) in [7, 11) is 1.19. The molecule has 0 spiro atoms. The van der Waals surface area contributed by atoms with Gasteiger partial charge in [-0.2, -0.15) is 13.2 Å². The monoisotopic (exact) mass is 518 g/mol. The summed E-state index contributed by atoms with van der Waals surface area (Å²) in [5.74, 6) is -0.990. The van der Waals surface area contributed by atoms with E-state index in [4.69, 9.17) is 5.73 Å². The van der Waals surface area contributed by atoms with Gasteiger partial charge in [-0.05, 0) is 42.5 Å². The smallest absolute Gasteiger partial charge is 0.380 e. The van der Waals surface area contributed by atoms with Crippen molar-refractivity contribution in [3.63, 3.8) is 0 Å². The number of nitrogens with two attached hydrogens (primary N) is 1. The predicted octanol–water partition coefficient (Wildman–Crippen LogP) is 5.04. The van der Waals surface area contributed by atoms with Crippen molar-refractivity contribution < 1.29 is 18.0 Å². The summed E-state index contributed by atoms with van der Waals surface area (Å²) in [5.41, 5.74) is 8.57. The summed E-state index contributed by atoms with van der Waals surface area (Å²) in [6.45, 7) is 4.32. The fraction of sp³-hybridized carbons (Fsp3) is 0.500. The number of anilines is 1. The standard InChI is InChI=1S/C24H29F3N4O.2ClH/c1-23(2)18-7-5-4-6-14(18)12-20(23)30-17-8-9-19(29-13-17)21(24(25,26)27)31(3)22(32)15-10-16(28)11-15;;/h4-9,13,15-16,20-21,30H,10-12,28H2,1-3H3;2*1H/t15?,16?,20-,21+;;/m1../s1. The Morgan fingerprint density at radius 3 is 2.35 bits per heavy atom. The lowest BCUT2D eigenvalue weighted by atomic mass is 9.80. The number of amides is 1. The number of rotatable bonds is 5. The van der Waals surface area contributed by atoms with Gasteiger partial charge in [0.2, 0.25) is 5.91 Å². The number of halogens is 5. The molecule has 1 aromatic heterocycles. The number of carbonyl (C=O) groups excluding carboxylic acids is 1. The summed E-state index contributed by atoms with van der Waals surface area (Å²) in [5, 5.41) is 3.44. The molecule has 5 nitrogen and oxygen atoms in total. The molecule has 2 aliphatic carbocycles. The molecule has 1 aromatic carbocycles. The highest BCUT2D eigenvalue weighted by Crippen LogP contribution is 2.41. The van der Waals surface area contributed by atoms with E-state index >= 15 is 0 Å². The molecule has 188 valence electrons. The molecule has 0 saturated heterocycles. The van der Waals surface area contributed by atoms with Gasteiger partial charge >= 0.3 is 6.18 Å². The maximum Gasteiger partial charge on any atom is 0.414 e. The van der Waals surface area contributed by atoms with Crippen molar-refractivity contribution in [3.05, 3.63) is 59.4 Å². The average molecular weight is 519 g/mol. The van der Waals surface area contributed by atoms with E-state index < -0.39 is 24.0 Å². The Hall–Kier alpha value is -2.03. The van der Waals surface area contributed by atoms with Crippen molar-refractivity contribution >= 4 is 36.4 Å². The molecule has 0 bridgehead atoms. The Morgan fingerprint density at radius 1 is 1.18 bits per heavy atom. The molecular formula is C24H31Cl2F3N4O. The molecule has 2 aromatic rings. The van der Waals surface area contributed by atoms with Crippen molar-refractivity contribution in [2.75, 3.05) is 12.4 Å². The Balaban J connectivity index is 0.00000204. The zero-order valence-electron chi connectivity index (χ0n) is 19.3. The van der Waals surface area contributed by atoms with E-state index in [2.05, 4.69) is 36.3 Å². The number of benzene rings is 1. The van der Waals surface area contributed by atoms with E-state index in [1.807, 2.05) is 12.1 Å². The number of hydrogen-bond acceptors (Lipinski definition) is 4. The molecule has 1 fully saturated rings. The molecule has 0 radical (unpaired) electrons. The van der Waals surface area contributed by atoms with Crippen molar-refractivity contribution in [2.24, 2.45) is 11.7 Å². The zero-order chi connectivity index (χ0) is 23.3. The molecular weight excluding hydrogens is 488 g/mol. The van der Waals surface area contributed by atoms with Crippen LogP contribution in [-0.2, 0) is 16.6 Å². The lowest BCUT2D eigenvalue weighted by Gasteiger charge is -2.37. The minimum Gasteiger partial charge on any atom is -0.380 e. The molecule has 2 aliphatic rings. The van der Waals surface area contributed by atoms with Crippen LogP contribution in [0.25, 0.3) is 0 Å². The van der Waals surface area contributed by atoms with Crippen LogP contribution in [0, 0.1) is 5.92 Å². The third kappa shape index (κ3) is 5.29. The lowest BCUT2D eigenvalue weighted by molar-refractivity contribution is -0.192. The molecule has 0 unspecified atom stereocenters. The van der Waals surface area contributed by atoms with E-state index in [1.54, 1.807) is 6.07 Å². The van der Waals surface area contributed by atoms with Crippen LogP contribution in [0.5, 0.6) is 0 Å². The second kappa shape index (κ2) is 10.3. The molecule has 1 heterocycles. The van der Waals surface area contributed by atoms with Crippen molar-refractivity contribution in [1.82, 2.24) is 9.88 Å². The fourth-order valence-electron chi connectivity index (χ4n) is 4.94. The second-order valence-corrected chi connectivity index (χ2v) is 9.57. The zero-order valence-corrected chi connectivity index (χ0v) is 20.9. The summed E-state index contributed by atoms with van der Waals surface area (Å²) < 4.78 is 41.7. The van der Waals surface area contributed by atoms with E-state index in [-0.39, 0.29) is 48.0 Å². The number of aromatic nitrogens is 1. The molecule has 3 N–H and O–H groups in total. The van der Waals surface area contributed by atoms with Gasteiger partial charge in [-0.3, -0.25) is 9.78 Å². The Bertz CT molecular complexity index is 994. The molecule has 34 heavy (non-hydrogen) atoms. The summed E-state index contributed by atoms with van der Waals surface area (Å²) >= 11 is 0. The largest absolute Gasteiger partial charge is 0.414 e. The van der Waals surface area contributed by atoms with Crippen LogP contribution < -0.4 is 11.1 Å². The van der Waals surface area contributed by atoms with E-state index in [1.165, 1.54) is 30.4 Å². The highest BCUT2D eigenvalue weighted by Gasteiger charge is 2.48. The van der Waals surface area contributed by atoms with Crippen molar-refractivity contribution in [3.8, 4) is 0 Å². The topological polar surface area (TPSA) is 71.2 Å². The van der Waals surface area contributed by atoms with Crippen LogP contribution in [0.4, 0.5) is 18.9 Å². The highest BCUT2D eigenvalue weighted by atomic mass is 35.5. The summed E-state index contributed by atoms with van der Waals surface area (Å²) in [6, 6.07) is 9.11. The van der Waals surface area contributed by atoms with Gasteiger partial charge in [0.25, 0.3) is 0 Å². The van der Waals surface area contributed by atoms with Gasteiger partial charge in [0.1, 0.15) is 0 Å². The number of carbonyl (C=O) groups is 1. The highest BCUT2D eigenvalue weighted by molar-refractivity contribution is 5.85. The van der Waals surface area contributed by atoms with Crippen LogP contribution in [0.3, 0.4) is 0 Å². The molecule has 4 rings (SSSR count). The third-order valence-electron chi connectivity index (χ3n) is 6.98. The SMILES string of the molecule is CN(C(=O)C1CC(N)C1)[C@@H](c1ccc(N[C@@H]2Cc3ccccc3C2(C)C)cn1)C(F)(F)F.Cl.Cl. The van der Waals surface area contributed by atoms with Crippen LogP contribution in [0.2, 0.25) is 0 Å². The van der Waals surface area contributed by atoms with Gasteiger partial charge < -0.3 is 16.0 Å². The summed E-state index contributed by atoms with van der Waals surface area (Å²) in [6.07, 6.45) is -1.54.